The monoisotopic (exact) mass is 1030 g/mol. The van der Waals surface area contributed by atoms with Crippen LogP contribution < -0.4 is 11.1 Å². The number of cyclic esters (lactones) is 1. The molecule has 1 aliphatic carbocycles. The number of aliphatic hydroxyl groups is 3. The van der Waals surface area contributed by atoms with Crippen LogP contribution in [0.25, 0.3) is 0 Å². The van der Waals surface area contributed by atoms with E-state index in [9.17, 15) is 47.7 Å². The number of ether oxygens (including phenoxy) is 4. The summed E-state index contributed by atoms with van der Waals surface area (Å²) in [5.41, 5.74) is 7.47. The Labute approximate surface area is 430 Å². The van der Waals surface area contributed by atoms with Gasteiger partial charge in [0.1, 0.15) is 24.4 Å². The van der Waals surface area contributed by atoms with Crippen molar-refractivity contribution in [3.8, 4) is 0 Å². The largest absolute Gasteiger partial charge is 0.461 e. The SMILES string of the molecule is CO[C@@H]1CC(C[C@@H](C)[C@@H]2CC[C@H](N)/C=C(\C)[C@@H](O)[C@@H](OC)C(=O)[C@H](C)C[C@H](C)/C=C/C=C/C=C(\C)[C@@H](Nc3ccc(C(F)(F)F)cc3)CC3CC[C@@H](C)[C@@](O)(O3)C(=O)C(=O)N3CCCC[C@H]3C(=O)O2)CC[C@H]1O. The fraction of sp³-hybridized carbons (Fsp3) is 0.679. The molecule has 1 aromatic carbocycles. The van der Waals surface area contributed by atoms with Crippen LogP contribution >= 0.6 is 0 Å². The van der Waals surface area contributed by atoms with E-state index < -0.39 is 95.7 Å². The van der Waals surface area contributed by atoms with E-state index in [1.54, 1.807) is 40.0 Å². The summed E-state index contributed by atoms with van der Waals surface area (Å²) in [6.07, 6.45) is 7.42. The number of nitrogens with two attached hydrogens (primary N) is 1. The average Bonchev–Trinajstić information content (AvgIpc) is 3.35. The van der Waals surface area contributed by atoms with E-state index in [0.717, 1.165) is 24.1 Å². The number of nitrogens with one attached hydrogen (secondary N) is 1. The third-order valence-corrected chi connectivity index (χ3v) is 15.6. The van der Waals surface area contributed by atoms with Gasteiger partial charge in [0.2, 0.25) is 5.79 Å². The fourth-order valence-corrected chi connectivity index (χ4v) is 11.0. The van der Waals surface area contributed by atoms with E-state index in [1.807, 2.05) is 45.1 Å². The number of allylic oxidation sites excluding steroid dienone is 5. The van der Waals surface area contributed by atoms with Crippen LogP contribution in [0, 0.1) is 29.6 Å². The average molecular weight is 1030 g/mol. The lowest BCUT2D eigenvalue weighted by atomic mass is 9.78. The molecule has 73 heavy (non-hydrogen) atoms. The molecule has 2 bridgehead atoms. The lowest BCUT2D eigenvalue weighted by Gasteiger charge is -2.43. The van der Waals surface area contributed by atoms with E-state index in [2.05, 4.69) is 5.32 Å². The number of rotatable bonds is 7. The van der Waals surface area contributed by atoms with E-state index in [4.69, 9.17) is 24.7 Å². The summed E-state index contributed by atoms with van der Waals surface area (Å²) in [5, 5.41) is 37.5. The Balaban J connectivity index is 1.49. The molecule has 5 rings (SSSR count). The summed E-state index contributed by atoms with van der Waals surface area (Å²) >= 11 is 0. The summed E-state index contributed by atoms with van der Waals surface area (Å²) in [6, 6.07) is 2.30. The van der Waals surface area contributed by atoms with Crippen LogP contribution in [0.2, 0.25) is 0 Å². The maximum absolute atomic E-state index is 14.5. The first-order valence-electron chi connectivity index (χ1n) is 26.3. The third-order valence-electron chi connectivity index (χ3n) is 15.6. The number of hydrogen-bond donors (Lipinski definition) is 5. The van der Waals surface area contributed by atoms with Gasteiger partial charge in [-0.3, -0.25) is 14.4 Å². The van der Waals surface area contributed by atoms with Gasteiger partial charge in [-0.15, -0.1) is 0 Å². The van der Waals surface area contributed by atoms with Crippen molar-refractivity contribution >= 4 is 29.1 Å². The first-order valence-corrected chi connectivity index (χ1v) is 26.3. The molecule has 0 radical (unpaired) electrons. The zero-order valence-corrected chi connectivity index (χ0v) is 44.0. The molecule has 2 saturated heterocycles. The van der Waals surface area contributed by atoms with E-state index >= 15 is 0 Å². The van der Waals surface area contributed by atoms with Crippen molar-refractivity contribution < 1.29 is 66.6 Å². The van der Waals surface area contributed by atoms with Gasteiger partial charge < -0.3 is 50.2 Å². The molecule has 4 aliphatic rings. The molecule has 3 heterocycles. The number of anilines is 1. The van der Waals surface area contributed by atoms with Gasteiger partial charge in [0, 0.05) is 50.4 Å². The summed E-state index contributed by atoms with van der Waals surface area (Å²) in [6.45, 7) is 11.0. The fourth-order valence-electron chi connectivity index (χ4n) is 11.0. The molecule has 2 unspecified atom stereocenters. The van der Waals surface area contributed by atoms with E-state index in [0.29, 0.717) is 75.5 Å². The quantitative estimate of drug-likeness (QED) is 0.0994. The molecule has 15 atom stereocenters. The van der Waals surface area contributed by atoms with Crippen molar-refractivity contribution in [3.05, 3.63) is 77.4 Å². The summed E-state index contributed by atoms with van der Waals surface area (Å²) in [7, 11) is 2.95. The number of esters is 1. The molecule has 1 saturated carbocycles. The van der Waals surface area contributed by atoms with E-state index in [-0.39, 0.29) is 49.0 Å². The zero-order chi connectivity index (χ0) is 53.8. The number of aliphatic hydroxyl groups excluding tert-OH is 2. The Hall–Kier alpha value is -4.23. The normalized spacial score (nSPS) is 37.4. The second-order valence-corrected chi connectivity index (χ2v) is 21.4. The molecule has 14 nitrogen and oxygen atoms in total. The number of piperidine rings is 1. The van der Waals surface area contributed by atoms with Gasteiger partial charge in [0.05, 0.1) is 23.9 Å². The van der Waals surface area contributed by atoms with Gasteiger partial charge in [-0.25, -0.2) is 4.79 Å². The number of benzene rings is 1. The molecule has 3 aliphatic heterocycles. The number of nitrogens with zero attached hydrogens (tertiary/aromatic N) is 1. The minimum atomic E-state index is -4.53. The molecule has 0 aromatic heterocycles. The van der Waals surface area contributed by atoms with Gasteiger partial charge in [-0.2, -0.15) is 13.2 Å². The lowest BCUT2D eigenvalue weighted by Crippen LogP contribution is -2.61. The number of ketones is 2. The Morgan fingerprint density at radius 1 is 0.877 bits per heavy atom. The van der Waals surface area contributed by atoms with Crippen LogP contribution in [-0.4, -0.2) is 125 Å². The lowest BCUT2D eigenvalue weighted by molar-refractivity contribution is -0.263. The Bertz CT molecular complexity index is 2130. The summed E-state index contributed by atoms with van der Waals surface area (Å²) < 4.78 is 64.3. The first-order chi connectivity index (χ1) is 34.5. The Kier molecular flexibility index (Phi) is 22.1. The number of hydrogen-bond acceptors (Lipinski definition) is 13. The molecule has 3 fully saturated rings. The van der Waals surface area contributed by atoms with Crippen LogP contribution in [0.4, 0.5) is 18.9 Å². The molecular formula is C56H82F3N3O11. The molecule has 6 N–H and O–H groups in total. The third kappa shape index (κ3) is 16.1. The van der Waals surface area contributed by atoms with Crippen molar-refractivity contribution in [3.63, 3.8) is 0 Å². The smallest absolute Gasteiger partial charge is 0.416 e. The van der Waals surface area contributed by atoms with Crippen LogP contribution in [0.1, 0.15) is 131 Å². The minimum absolute atomic E-state index is 0.0472. The summed E-state index contributed by atoms with van der Waals surface area (Å²) in [4.78, 5) is 58.3. The van der Waals surface area contributed by atoms with Gasteiger partial charge in [-0.1, -0.05) is 69.7 Å². The predicted octanol–water partition coefficient (Wildman–Crippen LogP) is 8.18. The van der Waals surface area contributed by atoms with Crippen molar-refractivity contribution in [1.82, 2.24) is 4.90 Å². The second-order valence-electron chi connectivity index (χ2n) is 21.4. The standard InChI is InChI=1S/C56H82F3N3O11/c1-33-14-10-9-11-15-34(2)44(61-42-22-19-40(20-23-42)56(57,58)59)32-43-24-17-38(6)55(69,73-43)52(66)53(67)62-27-13-12-16-45(62)54(68)72-47(35(3)29-39-18-25-46(63)48(31-39)70-7)26-21-41(60)30-37(5)50(65)51(71-8)49(64)36(4)28-33/h9-11,14-15,19-20,22-23,30,33,35-36,38-39,41,43-48,50-51,61,63,65,69H,12-13,16-18,21,24-29,31-32,60H2,1-8H3/b11-9+,14-10+,34-15+,37-30+/t33-,35-,36-,38-,39?,41+,43?,44+,45+,46-,47+,48-,50-,51+,55-/m1/s1. The number of halogens is 3. The summed E-state index contributed by atoms with van der Waals surface area (Å²) in [5.74, 6) is -7.14. The van der Waals surface area contributed by atoms with E-state index in [1.165, 1.54) is 24.1 Å². The van der Waals surface area contributed by atoms with Crippen LogP contribution in [-0.2, 0) is 44.3 Å². The first kappa shape index (κ1) is 59.6. The molecular weight excluding hydrogens is 948 g/mol. The minimum Gasteiger partial charge on any atom is -0.461 e. The van der Waals surface area contributed by atoms with Crippen molar-refractivity contribution in [2.24, 2.45) is 35.3 Å². The Morgan fingerprint density at radius 2 is 1.59 bits per heavy atom. The number of fused-ring (bicyclic) bond motifs is 3. The van der Waals surface area contributed by atoms with Gasteiger partial charge >= 0.3 is 12.1 Å². The molecule has 1 aromatic rings. The highest BCUT2D eigenvalue weighted by Gasteiger charge is 2.53. The number of alkyl halides is 3. The van der Waals surface area contributed by atoms with Crippen LogP contribution in [0.15, 0.2) is 71.9 Å². The van der Waals surface area contributed by atoms with Gasteiger partial charge in [0.25, 0.3) is 11.7 Å². The highest BCUT2D eigenvalue weighted by atomic mass is 19.4. The topological polar surface area (TPSA) is 207 Å². The maximum atomic E-state index is 14.5. The molecule has 408 valence electrons. The van der Waals surface area contributed by atoms with Crippen molar-refractivity contribution in [1.29, 1.82) is 0 Å². The number of methoxy groups -OCH3 is 2. The number of amides is 1. The predicted molar refractivity (Wildman–Crippen MR) is 272 cm³/mol. The van der Waals surface area contributed by atoms with Crippen molar-refractivity contribution in [2.45, 2.75) is 192 Å². The second kappa shape index (κ2) is 27.0. The Morgan fingerprint density at radius 3 is 2.26 bits per heavy atom. The maximum Gasteiger partial charge on any atom is 0.416 e. The molecule has 1 amide bonds. The van der Waals surface area contributed by atoms with Crippen LogP contribution in [0.5, 0.6) is 0 Å². The number of carbonyl (C=O) groups excluding carboxylic acids is 4. The van der Waals surface area contributed by atoms with Crippen LogP contribution in [0.3, 0.4) is 0 Å². The number of Topliss-reactive ketones (excluding diaryl/α,β-unsaturated/α-hetero) is 2. The van der Waals surface area contributed by atoms with Crippen molar-refractivity contribution in [2.75, 3.05) is 26.1 Å². The highest BCUT2D eigenvalue weighted by Crippen LogP contribution is 2.38. The number of carbonyl (C=O) groups is 4. The zero-order valence-electron chi connectivity index (χ0n) is 44.0. The molecule has 17 heteroatoms. The molecule has 0 spiro atoms. The van der Waals surface area contributed by atoms with Gasteiger partial charge in [-0.05, 0) is 145 Å². The van der Waals surface area contributed by atoms with Gasteiger partial charge in [0.15, 0.2) is 5.78 Å². The highest BCUT2D eigenvalue weighted by molar-refractivity contribution is 6.39.